The van der Waals surface area contributed by atoms with E-state index in [1.54, 1.807) is 7.05 Å². The zero-order valence-corrected chi connectivity index (χ0v) is 10.9. The molecule has 0 radical (unpaired) electrons. The fourth-order valence-corrected chi connectivity index (χ4v) is 1.82. The third-order valence-electron chi connectivity index (χ3n) is 2.94. The second-order valence-corrected chi connectivity index (χ2v) is 4.44. The minimum absolute atomic E-state index is 0.0245. The molecule has 0 heterocycles. The lowest BCUT2D eigenvalue weighted by Crippen LogP contribution is -2.26. The van der Waals surface area contributed by atoms with Crippen molar-refractivity contribution in [2.45, 2.75) is 6.92 Å². The Bertz CT molecular complexity index is 625. The van der Waals surface area contributed by atoms with Crippen LogP contribution in [0.15, 0.2) is 42.5 Å². The van der Waals surface area contributed by atoms with Crippen LogP contribution in [0, 0.1) is 12.7 Å². The van der Waals surface area contributed by atoms with Crippen LogP contribution in [-0.2, 0) is 0 Å². The van der Waals surface area contributed by atoms with Crippen molar-refractivity contribution in [1.82, 2.24) is 0 Å². The van der Waals surface area contributed by atoms with Crippen LogP contribution in [0.25, 0.3) is 0 Å². The molecule has 0 unspecified atom stereocenters. The first-order valence-electron chi connectivity index (χ1n) is 5.89. The molecule has 4 heteroatoms. The van der Waals surface area contributed by atoms with Crippen LogP contribution >= 0.6 is 0 Å². The predicted octanol–water partition coefficient (Wildman–Crippen LogP) is 2.99. The van der Waals surface area contributed by atoms with Gasteiger partial charge in [0.2, 0.25) is 0 Å². The van der Waals surface area contributed by atoms with E-state index in [2.05, 4.69) is 0 Å². The van der Waals surface area contributed by atoms with Crippen LogP contribution in [0.5, 0.6) is 0 Å². The quantitative estimate of drug-likeness (QED) is 0.842. The number of hydrogen-bond acceptors (Lipinski definition) is 2. The number of carbonyl (C=O) groups excluding carboxylic acids is 1. The first-order valence-corrected chi connectivity index (χ1v) is 5.89. The lowest BCUT2D eigenvalue weighted by Gasteiger charge is -2.18. The van der Waals surface area contributed by atoms with Crippen molar-refractivity contribution in [1.29, 1.82) is 0 Å². The molecule has 2 aromatic carbocycles. The summed E-state index contributed by atoms with van der Waals surface area (Å²) in [7, 11) is 1.68. The van der Waals surface area contributed by atoms with Gasteiger partial charge in [0.1, 0.15) is 5.82 Å². The van der Waals surface area contributed by atoms with Gasteiger partial charge in [-0.05, 0) is 42.8 Å². The summed E-state index contributed by atoms with van der Waals surface area (Å²) in [5, 5.41) is 0. The maximum atomic E-state index is 13.1. The monoisotopic (exact) mass is 258 g/mol. The van der Waals surface area contributed by atoms with E-state index < -0.39 is 5.82 Å². The second-order valence-electron chi connectivity index (χ2n) is 4.44. The normalized spacial score (nSPS) is 10.3. The largest absolute Gasteiger partial charge is 0.396 e. The summed E-state index contributed by atoms with van der Waals surface area (Å²) in [5.74, 6) is -0.743. The second kappa shape index (κ2) is 5.10. The fraction of sp³-hybridized carbons (Fsp3) is 0.133. The van der Waals surface area contributed by atoms with Gasteiger partial charge in [-0.15, -0.1) is 0 Å². The van der Waals surface area contributed by atoms with Crippen LogP contribution in [0.4, 0.5) is 15.8 Å². The summed E-state index contributed by atoms with van der Waals surface area (Å²) in [6.45, 7) is 1.96. The zero-order chi connectivity index (χ0) is 14.0. The first-order chi connectivity index (χ1) is 8.99. The van der Waals surface area contributed by atoms with Crippen molar-refractivity contribution >= 4 is 17.3 Å². The summed E-state index contributed by atoms with van der Waals surface area (Å²) in [6, 6.07) is 11.6. The molecule has 0 aromatic heterocycles. The molecule has 2 rings (SSSR count). The average Bonchev–Trinajstić information content (AvgIpc) is 2.40. The molecule has 2 aromatic rings. The molecule has 0 aliphatic carbocycles. The summed E-state index contributed by atoms with van der Waals surface area (Å²) >= 11 is 0. The number of amides is 1. The van der Waals surface area contributed by atoms with Gasteiger partial charge in [0.25, 0.3) is 5.91 Å². The molecule has 2 N–H and O–H groups in total. The maximum Gasteiger partial charge on any atom is 0.258 e. The molecule has 0 aliphatic heterocycles. The third-order valence-corrected chi connectivity index (χ3v) is 2.94. The molecule has 0 aliphatic rings. The molecule has 0 atom stereocenters. The molecule has 1 amide bonds. The zero-order valence-electron chi connectivity index (χ0n) is 10.9. The van der Waals surface area contributed by atoms with Gasteiger partial charge in [-0.1, -0.05) is 12.1 Å². The molecule has 0 saturated heterocycles. The summed E-state index contributed by atoms with van der Waals surface area (Å²) in [5.41, 5.74) is 7.67. The van der Waals surface area contributed by atoms with E-state index in [0.29, 0.717) is 5.56 Å². The van der Waals surface area contributed by atoms with Gasteiger partial charge in [-0.3, -0.25) is 4.79 Å². The summed E-state index contributed by atoms with van der Waals surface area (Å²) < 4.78 is 13.1. The van der Waals surface area contributed by atoms with E-state index in [1.807, 2.05) is 31.2 Å². The first kappa shape index (κ1) is 13.1. The smallest absolute Gasteiger partial charge is 0.258 e. The van der Waals surface area contributed by atoms with Crippen molar-refractivity contribution in [3.63, 3.8) is 0 Å². The van der Waals surface area contributed by atoms with Crippen molar-refractivity contribution in [2.24, 2.45) is 0 Å². The lowest BCUT2D eigenvalue weighted by molar-refractivity contribution is 0.0993. The SMILES string of the molecule is Cc1cccc(N(C)C(=O)c2ccc(F)c(N)c2)c1. The van der Waals surface area contributed by atoms with E-state index in [9.17, 15) is 9.18 Å². The molecule has 98 valence electrons. The number of hydrogen-bond donors (Lipinski definition) is 1. The number of rotatable bonds is 2. The van der Waals surface area contributed by atoms with E-state index >= 15 is 0 Å². The van der Waals surface area contributed by atoms with Crippen LogP contribution < -0.4 is 10.6 Å². The molecular weight excluding hydrogens is 243 g/mol. The summed E-state index contributed by atoms with van der Waals surface area (Å²) in [4.78, 5) is 13.8. The van der Waals surface area contributed by atoms with Crippen LogP contribution in [-0.4, -0.2) is 13.0 Å². The molecule has 0 spiro atoms. The standard InChI is InChI=1S/C15H15FN2O/c1-10-4-3-5-12(8-10)18(2)15(19)11-6-7-13(16)14(17)9-11/h3-9H,17H2,1-2H3. The number of halogens is 1. The highest BCUT2D eigenvalue weighted by Crippen LogP contribution is 2.19. The predicted molar refractivity (Wildman–Crippen MR) is 74.7 cm³/mol. The fourth-order valence-electron chi connectivity index (χ4n) is 1.82. The number of nitrogens with two attached hydrogens (primary N) is 1. The highest BCUT2D eigenvalue weighted by Gasteiger charge is 2.14. The molecule has 0 saturated carbocycles. The highest BCUT2D eigenvalue weighted by atomic mass is 19.1. The Labute approximate surface area is 111 Å². The number of aryl methyl sites for hydroxylation is 1. The van der Waals surface area contributed by atoms with Gasteiger partial charge in [-0.25, -0.2) is 4.39 Å². The minimum Gasteiger partial charge on any atom is -0.396 e. The maximum absolute atomic E-state index is 13.1. The van der Waals surface area contributed by atoms with E-state index in [4.69, 9.17) is 5.73 Å². The highest BCUT2D eigenvalue weighted by molar-refractivity contribution is 6.06. The van der Waals surface area contributed by atoms with Crippen molar-refractivity contribution < 1.29 is 9.18 Å². The molecule has 19 heavy (non-hydrogen) atoms. The molecular formula is C15H15FN2O. The third kappa shape index (κ3) is 2.73. The number of nitrogen functional groups attached to an aromatic ring is 1. The number of carbonyl (C=O) groups is 1. The van der Waals surface area contributed by atoms with E-state index in [0.717, 1.165) is 11.3 Å². The lowest BCUT2D eigenvalue weighted by atomic mass is 10.1. The number of benzene rings is 2. The number of anilines is 2. The Balaban J connectivity index is 2.30. The summed E-state index contributed by atoms with van der Waals surface area (Å²) in [6.07, 6.45) is 0. The van der Waals surface area contributed by atoms with E-state index in [1.165, 1.54) is 23.1 Å². The van der Waals surface area contributed by atoms with Crippen LogP contribution in [0.3, 0.4) is 0 Å². The van der Waals surface area contributed by atoms with Gasteiger partial charge < -0.3 is 10.6 Å². The average molecular weight is 258 g/mol. The Kier molecular flexibility index (Phi) is 3.51. The molecule has 0 fully saturated rings. The number of nitrogens with zero attached hydrogens (tertiary/aromatic N) is 1. The van der Waals surface area contributed by atoms with Crippen molar-refractivity contribution in [3.8, 4) is 0 Å². The molecule has 3 nitrogen and oxygen atoms in total. The molecule has 0 bridgehead atoms. The Morgan fingerprint density at radius 1 is 1.21 bits per heavy atom. The van der Waals surface area contributed by atoms with Crippen molar-refractivity contribution in [2.75, 3.05) is 17.7 Å². The van der Waals surface area contributed by atoms with Gasteiger partial charge in [0, 0.05) is 18.3 Å². The van der Waals surface area contributed by atoms with Crippen molar-refractivity contribution in [3.05, 3.63) is 59.4 Å². The Morgan fingerprint density at radius 3 is 2.58 bits per heavy atom. The van der Waals surface area contributed by atoms with E-state index in [-0.39, 0.29) is 11.6 Å². The topological polar surface area (TPSA) is 46.3 Å². The van der Waals surface area contributed by atoms with Crippen LogP contribution in [0.1, 0.15) is 15.9 Å². The van der Waals surface area contributed by atoms with Gasteiger partial charge >= 0.3 is 0 Å². The van der Waals surface area contributed by atoms with Gasteiger partial charge in [0.15, 0.2) is 0 Å². The Morgan fingerprint density at radius 2 is 1.95 bits per heavy atom. The Hall–Kier alpha value is -2.36. The van der Waals surface area contributed by atoms with Crippen LogP contribution in [0.2, 0.25) is 0 Å². The van der Waals surface area contributed by atoms with Gasteiger partial charge in [-0.2, -0.15) is 0 Å². The minimum atomic E-state index is -0.519. The van der Waals surface area contributed by atoms with Gasteiger partial charge in [0.05, 0.1) is 5.69 Å².